The topological polar surface area (TPSA) is 64.6 Å². The van der Waals surface area contributed by atoms with Crippen LogP contribution >= 0.6 is 11.6 Å². The highest BCUT2D eigenvalue weighted by Crippen LogP contribution is 2.21. The summed E-state index contributed by atoms with van der Waals surface area (Å²) in [6, 6.07) is 11.8. The molecule has 144 valence electrons. The molecule has 1 N–H and O–H groups in total. The second-order valence-electron chi connectivity index (χ2n) is 6.17. The predicted octanol–water partition coefficient (Wildman–Crippen LogP) is 5.01. The average Bonchev–Trinajstić information content (AvgIpc) is 2.66. The van der Waals surface area contributed by atoms with Gasteiger partial charge in [-0.1, -0.05) is 31.4 Å². The molecule has 2 aromatic rings. The average molecular weight is 390 g/mol. The Morgan fingerprint density at radius 2 is 1.81 bits per heavy atom. The standard InChI is InChI=1S/C21H24ClNO4/c1-3-4-5-12-26-21(25)16-6-8-17(9-7-16)23-20(24)14-27-18-10-11-19(22)15(2)13-18/h6-11,13H,3-5,12,14H2,1-2H3,(H,23,24). The summed E-state index contributed by atoms with van der Waals surface area (Å²) in [6.07, 6.45) is 2.98. The SMILES string of the molecule is CCCCCOC(=O)c1ccc(NC(=O)COc2ccc(Cl)c(C)c2)cc1. The second kappa shape index (κ2) is 10.6. The Kier molecular flexibility index (Phi) is 8.14. The molecular formula is C21H24ClNO4. The molecule has 0 spiro atoms. The lowest BCUT2D eigenvalue weighted by molar-refractivity contribution is -0.118. The number of esters is 1. The Morgan fingerprint density at radius 3 is 2.48 bits per heavy atom. The number of hydrogen-bond acceptors (Lipinski definition) is 4. The highest BCUT2D eigenvalue weighted by atomic mass is 35.5. The molecule has 0 heterocycles. The molecule has 0 aliphatic rings. The molecule has 1 amide bonds. The molecule has 27 heavy (non-hydrogen) atoms. The van der Waals surface area contributed by atoms with Gasteiger partial charge in [0.05, 0.1) is 12.2 Å². The number of ether oxygens (including phenoxy) is 2. The van der Waals surface area contributed by atoms with Crippen molar-refractivity contribution >= 4 is 29.2 Å². The summed E-state index contributed by atoms with van der Waals surface area (Å²) < 4.78 is 10.7. The van der Waals surface area contributed by atoms with Crippen LogP contribution in [0.15, 0.2) is 42.5 Å². The van der Waals surface area contributed by atoms with Gasteiger partial charge in [0.2, 0.25) is 0 Å². The number of anilines is 1. The van der Waals surface area contributed by atoms with Gasteiger partial charge in [0, 0.05) is 10.7 Å². The fourth-order valence-electron chi connectivity index (χ4n) is 2.34. The second-order valence-corrected chi connectivity index (χ2v) is 6.58. The number of benzene rings is 2. The number of unbranched alkanes of at least 4 members (excludes halogenated alkanes) is 2. The van der Waals surface area contributed by atoms with Gasteiger partial charge in [0.15, 0.2) is 6.61 Å². The normalized spacial score (nSPS) is 10.3. The van der Waals surface area contributed by atoms with Crippen molar-refractivity contribution in [2.24, 2.45) is 0 Å². The van der Waals surface area contributed by atoms with Crippen molar-refractivity contribution in [3.8, 4) is 5.75 Å². The van der Waals surface area contributed by atoms with E-state index in [4.69, 9.17) is 21.1 Å². The smallest absolute Gasteiger partial charge is 0.338 e. The molecule has 0 atom stereocenters. The summed E-state index contributed by atoms with van der Waals surface area (Å²) in [5.41, 5.74) is 1.92. The molecule has 0 saturated carbocycles. The van der Waals surface area contributed by atoms with Crippen molar-refractivity contribution in [3.05, 3.63) is 58.6 Å². The van der Waals surface area contributed by atoms with Crippen LogP contribution in [0.25, 0.3) is 0 Å². The van der Waals surface area contributed by atoms with Crippen LogP contribution in [-0.4, -0.2) is 25.1 Å². The first kappa shape index (κ1) is 20.8. The molecule has 0 aliphatic heterocycles. The maximum Gasteiger partial charge on any atom is 0.338 e. The molecule has 0 aromatic heterocycles. The van der Waals surface area contributed by atoms with E-state index in [1.807, 2.05) is 6.92 Å². The van der Waals surface area contributed by atoms with Crippen LogP contribution in [0.1, 0.15) is 42.1 Å². The quantitative estimate of drug-likeness (QED) is 0.483. The Hall–Kier alpha value is -2.53. The number of nitrogens with one attached hydrogen (secondary N) is 1. The number of aryl methyl sites for hydroxylation is 1. The largest absolute Gasteiger partial charge is 0.484 e. The third kappa shape index (κ3) is 6.94. The number of carbonyl (C=O) groups excluding carboxylic acids is 2. The highest BCUT2D eigenvalue weighted by Gasteiger charge is 2.09. The fraction of sp³-hybridized carbons (Fsp3) is 0.333. The lowest BCUT2D eigenvalue weighted by Crippen LogP contribution is -2.20. The Bertz CT molecular complexity index is 774. The Morgan fingerprint density at radius 1 is 1.07 bits per heavy atom. The van der Waals surface area contributed by atoms with Crippen LogP contribution in [0, 0.1) is 6.92 Å². The van der Waals surface area contributed by atoms with Crippen LogP contribution in [0.2, 0.25) is 5.02 Å². The van der Waals surface area contributed by atoms with Crippen LogP contribution in [0.4, 0.5) is 5.69 Å². The van der Waals surface area contributed by atoms with E-state index in [2.05, 4.69) is 12.2 Å². The molecule has 2 rings (SSSR count). The van der Waals surface area contributed by atoms with Crippen molar-refractivity contribution in [2.45, 2.75) is 33.1 Å². The minimum Gasteiger partial charge on any atom is -0.484 e. The minimum absolute atomic E-state index is 0.123. The van der Waals surface area contributed by atoms with Gasteiger partial charge in [-0.15, -0.1) is 0 Å². The van der Waals surface area contributed by atoms with Crippen molar-refractivity contribution in [2.75, 3.05) is 18.5 Å². The van der Waals surface area contributed by atoms with E-state index in [-0.39, 0.29) is 18.5 Å². The number of hydrogen-bond donors (Lipinski definition) is 1. The van der Waals surface area contributed by atoms with Gasteiger partial charge in [-0.2, -0.15) is 0 Å². The molecule has 6 heteroatoms. The molecular weight excluding hydrogens is 366 g/mol. The predicted molar refractivity (Wildman–Crippen MR) is 107 cm³/mol. The first-order chi connectivity index (χ1) is 13.0. The summed E-state index contributed by atoms with van der Waals surface area (Å²) in [4.78, 5) is 23.9. The van der Waals surface area contributed by atoms with Crippen LogP contribution in [0.3, 0.4) is 0 Å². The molecule has 0 bridgehead atoms. The van der Waals surface area contributed by atoms with E-state index < -0.39 is 0 Å². The van der Waals surface area contributed by atoms with Gasteiger partial charge in [0.1, 0.15) is 5.75 Å². The number of halogens is 1. The maximum absolute atomic E-state index is 12.0. The maximum atomic E-state index is 12.0. The summed E-state index contributed by atoms with van der Waals surface area (Å²) >= 11 is 5.96. The van der Waals surface area contributed by atoms with Gasteiger partial charge in [-0.3, -0.25) is 4.79 Å². The molecule has 0 fully saturated rings. The zero-order chi connectivity index (χ0) is 19.6. The highest BCUT2D eigenvalue weighted by molar-refractivity contribution is 6.31. The third-order valence-corrected chi connectivity index (χ3v) is 4.31. The van der Waals surface area contributed by atoms with Crippen molar-refractivity contribution in [1.29, 1.82) is 0 Å². The van der Waals surface area contributed by atoms with Gasteiger partial charge in [-0.05, 0) is 61.4 Å². The van der Waals surface area contributed by atoms with Crippen LogP contribution < -0.4 is 10.1 Å². The van der Waals surface area contributed by atoms with E-state index in [1.54, 1.807) is 42.5 Å². The number of rotatable bonds is 9. The molecule has 0 aliphatic carbocycles. The summed E-state index contributed by atoms with van der Waals surface area (Å²) in [7, 11) is 0. The van der Waals surface area contributed by atoms with E-state index in [0.717, 1.165) is 24.8 Å². The monoisotopic (exact) mass is 389 g/mol. The lowest BCUT2D eigenvalue weighted by Gasteiger charge is -2.09. The Balaban J connectivity index is 1.80. The minimum atomic E-state index is -0.356. The van der Waals surface area contributed by atoms with Crippen LogP contribution in [-0.2, 0) is 9.53 Å². The zero-order valence-corrected chi connectivity index (χ0v) is 16.3. The van der Waals surface area contributed by atoms with Crippen molar-refractivity contribution < 1.29 is 19.1 Å². The Labute approximate surface area is 164 Å². The van der Waals surface area contributed by atoms with Gasteiger partial charge < -0.3 is 14.8 Å². The molecule has 0 unspecified atom stereocenters. The fourth-order valence-corrected chi connectivity index (χ4v) is 2.46. The third-order valence-electron chi connectivity index (χ3n) is 3.88. The molecule has 0 radical (unpaired) electrons. The number of amides is 1. The summed E-state index contributed by atoms with van der Waals surface area (Å²) in [5, 5.41) is 3.37. The van der Waals surface area contributed by atoms with E-state index in [0.29, 0.717) is 28.6 Å². The molecule has 5 nitrogen and oxygen atoms in total. The van der Waals surface area contributed by atoms with E-state index in [9.17, 15) is 9.59 Å². The van der Waals surface area contributed by atoms with Gasteiger partial charge in [0.25, 0.3) is 5.91 Å². The van der Waals surface area contributed by atoms with Crippen molar-refractivity contribution in [1.82, 2.24) is 0 Å². The van der Waals surface area contributed by atoms with Gasteiger partial charge >= 0.3 is 5.97 Å². The summed E-state index contributed by atoms with van der Waals surface area (Å²) in [5.74, 6) is -0.0730. The summed E-state index contributed by atoms with van der Waals surface area (Å²) in [6.45, 7) is 4.26. The molecule has 0 saturated heterocycles. The lowest BCUT2D eigenvalue weighted by atomic mass is 10.2. The first-order valence-corrected chi connectivity index (χ1v) is 9.33. The van der Waals surface area contributed by atoms with Gasteiger partial charge in [-0.25, -0.2) is 4.79 Å². The number of carbonyl (C=O) groups is 2. The van der Waals surface area contributed by atoms with E-state index in [1.165, 1.54) is 0 Å². The zero-order valence-electron chi connectivity index (χ0n) is 15.6. The first-order valence-electron chi connectivity index (χ1n) is 8.95. The van der Waals surface area contributed by atoms with Crippen LogP contribution in [0.5, 0.6) is 5.75 Å². The molecule has 2 aromatic carbocycles. The van der Waals surface area contributed by atoms with Crippen molar-refractivity contribution in [3.63, 3.8) is 0 Å². The van der Waals surface area contributed by atoms with E-state index >= 15 is 0 Å².